The van der Waals surface area contributed by atoms with Crippen LogP contribution in [0.15, 0.2) is 0 Å². The molecule has 0 rings (SSSR count). The maximum atomic E-state index is 11.9. The standard InChI is InChI=1S/C19H32O6/c1-18(2,12-17(23)24)10-8-15(21)6-5-7-16(22)9-11-19(3,4)13-25-14-20/h14H,5-13H2,1-4H3,(H,23,24). The second kappa shape index (κ2) is 11.0. The first-order chi connectivity index (χ1) is 11.5. The molecule has 0 aromatic carbocycles. The number of ketones is 2. The van der Waals surface area contributed by atoms with Crippen LogP contribution in [0.25, 0.3) is 0 Å². The average Bonchev–Trinajstić information content (AvgIpc) is 2.48. The van der Waals surface area contributed by atoms with Crippen molar-refractivity contribution in [2.75, 3.05) is 6.61 Å². The minimum Gasteiger partial charge on any atom is -0.481 e. The Bertz CT molecular complexity index is 465. The fourth-order valence-corrected chi connectivity index (χ4v) is 2.52. The van der Waals surface area contributed by atoms with E-state index in [1.807, 2.05) is 27.7 Å². The van der Waals surface area contributed by atoms with Gasteiger partial charge in [0.15, 0.2) is 0 Å². The SMILES string of the molecule is CC(C)(CCC(=O)CCCC(=O)CCC(C)(C)CC(=O)O)COC=O. The maximum Gasteiger partial charge on any atom is 0.303 e. The van der Waals surface area contributed by atoms with Crippen molar-refractivity contribution in [1.29, 1.82) is 0 Å². The third-order valence-corrected chi connectivity index (χ3v) is 4.24. The molecular formula is C19H32O6. The number of carbonyl (C=O) groups is 4. The quantitative estimate of drug-likeness (QED) is 0.451. The summed E-state index contributed by atoms with van der Waals surface area (Å²) in [5.74, 6) is -0.673. The van der Waals surface area contributed by atoms with E-state index in [0.717, 1.165) is 0 Å². The summed E-state index contributed by atoms with van der Waals surface area (Å²) in [5.41, 5.74) is -0.630. The average molecular weight is 356 g/mol. The molecule has 0 spiro atoms. The molecule has 0 heterocycles. The molecule has 0 aromatic heterocycles. The molecule has 0 saturated heterocycles. The van der Waals surface area contributed by atoms with Gasteiger partial charge in [-0.3, -0.25) is 19.2 Å². The summed E-state index contributed by atoms with van der Waals surface area (Å²) in [4.78, 5) is 44.7. The Morgan fingerprint density at radius 3 is 1.80 bits per heavy atom. The number of carboxylic acid groups (broad SMARTS) is 1. The minimum atomic E-state index is -0.857. The predicted molar refractivity (Wildman–Crippen MR) is 94.2 cm³/mol. The van der Waals surface area contributed by atoms with E-state index in [1.54, 1.807) is 0 Å². The topological polar surface area (TPSA) is 97.7 Å². The van der Waals surface area contributed by atoms with Crippen molar-refractivity contribution in [3.63, 3.8) is 0 Å². The first-order valence-corrected chi connectivity index (χ1v) is 8.78. The third kappa shape index (κ3) is 13.3. The van der Waals surface area contributed by atoms with Crippen LogP contribution in [0, 0.1) is 10.8 Å². The van der Waals surface area contributed by atoms with Gasteiger partial charge in [0, 0.05) is 25.7 Å². The van der Waals surface area contributed by atoms with Gasteiger partial charge in [0.2, 0.25) is 0 Å². The molecule has 0 atom stereocenters. The lowest BCUT2D eigenvalue weighted by atomic mass is 9.83. The number of hydrogen-bond acceptors (Lipinski definition) is 5. The van der Waals surface area contributed by atoms with Gasteiger partial charge < -0.3 is 9.84 Å². The molecule has 0 radical (unpaired) electrons. The lowest BCUT2D eigenvalue weighted by Crippen LogP contribution is -2.20. The van der Waals surface area contributed by atoms with E-state index in [9.17, 15) is 19.2 Å². The number of carbonyl (C=O) groups excluding carboxylic acids is 3. The zero-order valence-electron chi connectivity index (χ0n) is 15.9. The summed E-state index contributed by atoms with van der Waals surface area (Å²) in [6, 6.07) is 0. The van der Waals surface area contributed by atoms with Crippen molar-refractivity contribution in [2.45, 2.75) is 79.1 Å². The molecule has 25 heavy (non-hydrogen) atoms. The predicted octanol–water partition coefficient (Wildman–Crippen LogP) is 3.56. The summed E-state index contributed by atoms with van der Waals surface area (Å²) in [7, 11) is 0. The minimum absolute atomic E-state index is 0.0440. The molecule has 6 nitrogen and oxygen atoms in total. The van der Waals surface area contributed by atoms with Crippen LogP contribution < -0.4 is 0 Å². The molecule has 0 fully saturated rings. The highest BCUT2D eigenvalue weighted by Crippen LogP contribution is 2.27. The van der Waals surface area contributed by atoms with Gasteiger partial charge in [-0.05, 0) is 30.1 Å². The number of rotatable bonds is 15. The molecule has 6 heteroatoms. The van der Waals surface area contributed by atoms with Crippen molar-refractivity contribution >= 4 is 24.0 Å². The Morgan fingerprint density at radius 1 is 0.880 bits per heavy atom. The van der Waals surface area contributed by atoms with E-state index < -0.39 is 11.4 Å². The van der Waals surface area contributed by atoms with Crippen molar-refractivity contribution in [3.05, 3.63) is 0 Å². The van der Waals surface area contributed by atoms with Gasteiger partial charge in [-0.2, -0.15) is 0 Å². The summed E-state index contributed by atoms with van der Waals surface area (Å²) < 4.78 is 4.75. The molecule has 1 N–H and O–H groups in total. The van der Waals surface area contributed by atoms with Gasteiger partial charge in [-0.25, -0.2) is 0 Å². The Hall–Kier alpha value is -1.72. The van der Waals surface area contributed by atoms with Crippen LogP contribution in [0.5, 0.6) is 0 Å². The molecule has 0 bridgehead atoms. The number of carboxylic acids is 1. The van der Waals surface area contributed by atoms with E-state index in [4.69, 9.17) is 9.84 Å². The van der Waals surface area contributed by atoms with Gasteiger partial charge in [0.05, 0.1) is 13.0 Å². The van der Waals surface area contributed by atoms with Gasteiger partial charge >= 0.3 is 5.97 Å². The Balaban J connectivity index is 3.95. The van der Waals surface area contributed by atoms with Crippen molar-refractivity contribution in [2.24, 2.45) is 10.8 Å². The van der Waals surface area contributed by atoms with Gasteiger partial charge in [0.25, 0.3) is 6.47 Å². The molecule has 0 unspecified atom stereocenters. The van der Waals surface area contributed by atoms with Crippen molar-refractivity contribution in [1.82, 2.24) is 0 Å². The largest absolute Gasteiger partial charge is 0.481 e. The summed E-state index contributed by atoms with van der Waals surface area (Å²) >= 11 is 0. The number of ether oxygens (including phenoxy) is 1. The summed E-state index contributed by atoms with van der Waals surface area (Å²) in [6.07, 6.45) is 3.24. The zero-order chi connectivity index (χ0) is 19.5. The van der Waals surface area contributed by atoms with E-state index >= 15 is 0 Å². The smallest absolute Gasteiger partial charge is 0.303 e. The second-order valence-corrected chi connectivity index (χ2v) is 8.24. The molecule has 144 valence electrons. The first kappa shape index (κ1) is 23.3. The third-order valence-electron chi connectivity index (χ3n) is 4.24. The van der Waals surface area contributed by atoms with Crippen molar-refractivity contribution in [3.8, 4) is 0 Å². The van der Waals surface area contributed by atoms with Crippen LogP contribution in [0.3, 0.4) is 0 Å². The Labute approximate surface area is 150 Å². The highest BCUT2D eigenvalue weighted by atomic mass is 16.5. The van der Waals surface area contributed by atoms with Crippen LogP contribution in [-0.2, 0) is 23.9 Å². The second-order valence-electron chi connectivity index (χ2n) is 8.24. The zero-order valence-corrected chi connectivity index (χ0v) is 15.9. The molecule has 0 amide bonds. The van der Waals surface area contributed by atoms with Gasteiger partial charge in [-0.1, -0.05) is 27.7 Å². The fourth-order valence-electron chi connectivity index (χ4n) is 2.52. The van der Waals surface area contributed by atoms with E-state index in [1.165, 1.54) is 0 Å². The van der Waals surface area contributed by atoms with E-state index in [0.29, 0.717) is 51.4 Å². The normalized spacial score (nSPS) is 11.8. The Kier molecular flexibility index (Phi) is 10.2. The highest BCUT2D eigenvalue weighted by molar-refractivity contribution is 5.81. The van der Waals surface area contributed by atoms with Crippen LogP contribution in [0.2, 0.25) is 0 Å². The molecule has 0 saturated carbocycles. The lowest BCUT2D eigenvalue weighted by Gasteiger charge is -2.22. The molecular weight excluding hydrogens is 324 g/mol. The summed E-state index contributed by atoms with van der Waals surface area (Å²) in [5, 5.41) is 8.82. The Morgan fingerprint density at radius 2 is 1.36 bits per heavy atom. The van der Waals surface area contributed by atoms with Crippen LogP contribution in [0.1, 0.15) is 79.1 Å². The van der Waals surface area contributed by atoms with Crippen LogP contribution in [0.4, 0.5) is 0 Å². The number of hydrogen-bond donors (Lipinski definition) is 1. The first-order valence-electron chi connectivity index (χ1n) is 8.78. The lowest BCUT2D eigenvalue weighted by molar-refractivity contribution is -0.139. The molecule has 0 aliphatic heterocycles. The van der Waals surface area contributed by atoms with Crippen molar-refractivity contribution < 1.29 is 29.0 Å². The van der Waals surface area contributed by atoms with Crippen LogP contribution >= 0.6 is 0 Å². The molecule has 0 aliphatic carbocycles. The number of Topliss-reactive ketones (excluding diaryl/α,β-unsaturated/α-hetero) is 2. The summed E-state index contributed by atoms with van der Waals surface area (Å²) in [6.45, 7) is 8.25. The van der Waals surface area contributed by atoms with Crippen LogP contribution in [-0.4, -0.2) is 35.7 Å². The maximum absolute atomic E-state index is 11.9. The van der Waals surface area contributed by atoms with Gasteiger partial charge in [0.1, 0.15) is 11.6 Å². The van der Waals surface area contributed by atoms with Gasteiger partial charge in [-0.15, -0.1) is 0 Å². The molecule has 0 aliphatic rings. The monoisotopic (exact) mass is 356 g/mol. The van der Waals surface area contributed by atoms with E-state index in [-0.39, 0.29) is 30.0 Å². The molecule has 0 aromatic rings. The highest BCUT2D eigenvalue weighted by Gasteiger charge is 2.23. The number of aliphatic carboxylic acids is 1. The van der Waals surface area contributed by atoms with E-state index in [2.05, 4.69) is 0 Å². The fraction of sp³-hybridized carbons (Fsp3) is 0.789.